The van der Waals surface area contributed by atoms with Gasteiger partial charge in [0.05, 0.1) is 18.2 Å². The van der Waals surface area contributed by atoms with Crippen molar-refractivity contribution in [2.45, 2.75) is 6.54 Å². The fourth-order valence-electron chi connectivity index (χ4n) is 2.81. The Kier molecular flexibility index (Phi) is 6.05. The molecular formula is C23H16BrN5O2. The number of ether oxygens (including phenoxy) is 1. The molecule has 0 saturated heterocycles. The molecule has 7 nitrogen and oxygen atoms in total. The molecule has 0 bridgehead atoms. The molecule has 3 aromatic carbocycles. The molecule has 0 unspecified atom stereocenters. The second kappa shape index (κ2) is 9.24. The van der Waals surface area contributed by atoms with Gasteiger partial charge in [0.15, 0.2) is 0 Å². The van der Waals surface area contributed by atoms with Crippen LogP contribution in [-0.4, -0.2) is 20.7 Å². The van der Waals surface area contributed by atoms with Gasteiger partial charge in [0.25, 0.3) is 5.91 Å². The van der Waals surface area contributed by atoms with E-state index in [0.717, 1.165) is 10.0 Å². The van der Waals surface area contributed by atoms with Crippen LogP contribution in [0.15, 0.2) is 83.6 Å². The molecule has 0 fully saturated rings. The summed E-state index contributed by atoms with van der Waals surface area (Å²) in [5, 5.41) is 15.9. The number of halogens is 1. The lowest BCUT2D eigenvalue weighted by atomic mass is 10.2. The largest absolute Gasteiger partial charge is 0.457 e. The highest BCUT2D eigenvalue weighted by molar-refractivity contribution is 9.10. The number of nitrogens with one attached hydrogen (secondary N) is 1. The topological polar surface area (TPSA) is 92.8 Å². The lowest BCUT2D eigenvalue weighted by Gasteiger charge is -2.07. The van der Waals surface area contributed by atoms with Gasteiger partial charge in [-0.05, 0) is 60.2 Å². The molecule has 0 spiro atoms. The molecule has 0 aliphatic heterocycles. The summed E-state index contributed by atoms with van der Waals surface area (Å²) in [5.74, 6) is 0.961. The Bertz CT molecular complexity index is 1240. The summed E-state index contributed by atoms with van der Waals surface area (Å²) in [6, 6.07) is 23.5. The van der Waals surface area contributed by atoms with E-state index in [9.17, 15) is 4.79 Å². The Morgan fingerprint density at radius 1 is 1.06 bits per heavy atom. The van der Waals surface area contributed by atoms with Gasteiger partial charge in [0.1, 0.15) is 17.8 Å². The predicted molar refractivity (Wildman–Crippen MR) is 119 cm³/mol. The summed E-state index contributed by atoms with van der Waals surface area (Å²) in [5.41, 5.74) is 2.03. The Labute approximate surface area is 187 Å². The van der Waals surface area contributed by atoms with Crippen LogP contribution in [0, 0.1) is 11.3 Å². The summed E-state index contributed by atoms with van der Waals surface area (Å²) in [6.07, 6.45) is 1.57. The van der Waals surface area contributed by atoms with E-state index in [1.165, 1.54) is 0 Å². The summed E-state index contributed by atoms with van der Waals surface area (Å²) in [7, 11) is 0. The Morgan fingerprint density at radius 3 is 2.58 bits per heavy atom. The summed E-state index contributed by atoms with van der Waals surface area (Å²) in [4.78, 5) is 16.8. The van der Waals surface area contributed by atoms with Crippen LogP contribution in [0.4, 0.5) is 5.95 Å². The minimum atomic E-state index is -0.341. The lowest BCUT2D eigenvalue weighted by molar-refractivity contribution is 0.102. The van der Waals surface area contributed by atoms with Crippen LogP contribution >= 0.6 is 15.9 Å². The second-order valence-corrected chi connectivity index (χ2v) is 7.53. The maximum atomic E-state index is 12.6. The van der Waals surface area contributed by atoms with Gasteiger partial charge in [0, 0.05) is 10.0 Å². The van der Waals surface area contributed by atoms with Crippen LogP contribution in [0.2, 0.25) is 0 Å². The van der Waals surface area contributed by atoms with Crippen LogP contribution in [0.25, 0.3) is 0 Å². The van der Waals surface area contributed by atoms with E-state index in [2.05, 4.69) is 37.4 Å². The minimum Gasteiger partial charge on any atom is -0.457 e. The standard InChI is InChI=1S/C23H16BrN5O2/c24-19-8-4-17(5-9-19)14-29-15-26-23(28-29)27-22(30)18-2-1-3-21(12-18)31-20-10-6-16(13-25)7-11-20/h1-12,15H,14H2,(H,27,28,30). The first-order chi connectivity index (χ1) is 15.1. The molecule has 0 atom stereocenters. The monoisotopic (exact) mass is 473 g/mol. The molecule has 4 rings (SSSR count). The maximum Gasteiger partial charge on any atom is 0.258 e. The third-order valence-electron chi connectivity index (χ3n) is 4.33. The average molecular weight is 474 g/mol. The first-order valence-electron chi connectivity index (χ1n) is 9.32. The van der Waals surface area contributed by atoms with Gasteiger partial charge in [-0.1, -0.05) is 34.1 Å². The van der Waals surface area contributed by atoms with Crippen molar-refractivity contribution >= 4 is 27.8 Å². The van der Waals surface area contributed by atoms with Gasteiger partial charge in [-0.25, -0.2) is 9.67 Å². The molecule has 1 aromatic heterocycles. The number of nitriles is 1. The number of hydrogen-bond acceptors (Lipinski definition) is 5. The molecule has 1 N–H and O–H groups in total. The molecule has 1 amide bonds. The van der Waals surface area contributed by atoms with Crippen LogP contribution in [0.5, 0.6) is 11.5 Å². The minimum absolute atomic E-state index is 0.223. The molecule has 31 heavy (non-hydrogen) atoms. The number of amides is 1. The number of benzene rings is 3. The Balaban J connectivity index is 1.40. The average Bonchev–Trinajstić information content (AvgIpc) is 3.22. The van der Waals surface area contributed by atoms with Gasteiger partial charge in [-0.3, -0.25) is 10.1 Å². The number of nitrogens with zero attached hydrogens (tertiary/aromatic N) is 4. The van der Waals surface area contributed by atoms with E-state index in [1.54, 1.807) is 59.5 Å². The number of aromatic nitrogens is 3. The molecule has 8 heteroatoms. The molecule has 1 heterocycles. The maximum absolute atomic E-state index is 12.6. The highest BCUT2D eigenvalue weighted by Crippen LogP contribution is 2.23. The molecule has 0 radical (unpaired) electrons. The quantitative estimate of drug-likeness (QED) is 0.424. The van der Waals surface area contributed by atoms with Crippen molar-refractivity contribution < 1.29 is 9.53 Å². The van der Waals surface area contributed by atoms with Crippen LogP contribution < -0.4 is 10.1 Å². The highest BCUT2D eigenvalue weighted by Gasteiger charge is 2.11. The van der Waals surface area contributed by atoms with E-state index in [-0.39, 0.29) is 11.9 Å². The summed E-state index contributed by atoms with van der Waals surface area (Å²) >= 11 is 3.41. The van der Waals surface area contributed by atoms with E-state index in [0.29, 0.717) is 29.2 Å². The highest BCUT2D eigenvalue weighted by atomic mass is 79.9. The van der Waals surface area contributed by atoms with Crippen molar-refractivity contribution in [3.05, 3.63) is 100 Å². The molecule has 0 aliphatic carbocycles. The number of carbonyl (C=O) groups excluding carboxylic acids is 1. The molecule has 4 aromatic rings. The lowest BCUT2D eigenvalue weighted by Crippen LogP contribution is -2.13. The van der Waals surface area contributed by atoms with Gasteiger partial charge < -0.3 is 4.74 Å². The van der Waals surface area contributed by atoms with Crippen molar-refractivity contribution in [2.24, 2.45) is 0 Å². The van der Waals surface area contributed by atoms with Crippen molar-refractivity contribution in [3.8, 4) is 17.6 Å². The zero-order chi connectivity index (χ0) is 21.6. The fourth-order valence-corrected chi connectivity index (χ4v) is 3.08. The first-order valence-corrected chi connectivity index (χ1v) is 10.1. The van der Waals surface area contributed by atoms with Crippen LogP contribution in [0.1, 0.15) is 21.5 Å². The normalized spacial score (nSPS) is 10.3. The van der Waals surface area contributed by atoms with Gasteiger partial charge in [-0.15, -0.1) is 5.10 Å². The zero-order valence-electron chi connectivity index (χ0n) is 16.2. The SMILES string of the molecule is N#Cc1ccc(Oc2cccc(C(=O)Nc3ncn(Cc4ccc(Br)cc4)n3)c2)cc1. The third kappa shape index (κ3) is 5.35. The summed E-state index contributed by atoms with van der Waals surface area (Å²) in [6.45, 7) is 0.546. The molecule has 0 saturated carbocycles. The molecule has 0 aliphatic rings. The van der Waals surface area contributed by atoms with E-state index in [1.807, 2.05) is 24.3 Å². The van der Waals surface area contributed by atoms with Crippen LogP contribution in [-0.2, 0) is 6.54 Å². The van der Waals surface area contributed by atoms with Crippen molar-refractivity contribution in [1.29, 1.82) is 5.26 Å². The third-order valence-corrected chi connectivity index (χ3v) is 4.86. The fraction of sp³-hybridized carbons (Fsp3) is 0.0435. The molecular weight excluding hydrogens is 458 g/mol. The number of rotatable bonds is 6. The number of hydrogen-bond donors (Lipinski definition) is 1. The van der Waals surface area contributed by atoms with Crippen molar-refractivity contribution in [2.75, 3.05) is 5.32 Å². The van der Waals surface area contributed by atoms with E-state index >= 15 is 0 Å². The second-order valence-electron chi connectivity index (χ2n) is 6.61. The number of carbonyl (C=O) groups is 1. The summed E-state index contributed by atoms with van der Waals surface area (Å²) < 4.78 is 8.43. The predicted octanol–water partition coefficient (Wildman–Crippen LogP) is 5.01. The smallest absolute Gasteiger partial charge is 0.258 e. The van der Waals surface area contributed by atoms with Gasteiger partial charge in [0.2, 0.25) is 5.95 Å². The van der Waals surface area contributed by atoms with Gasteiger partial charge >= 0.3 is 0 Å². The van der Waals surface area contributed by atoms with E-state index < -0.39 is 0 Å². The molecule has 152 valence electrons. The van der Waals surface area contributed by atoms with E-state index in [4.69, 9.17) is 10.00 Å². The van der Waals surface area contributed by atoms with Gasteiger partial charge in [-0.2, -0.15) is 5.26 Å². The van der Waals surface area contributed by atoms with Crippen LogP contribution in [0.3, 0.4) is 0 Å². The van der Waals surface area contributed by atoms with Crippen molar-refractivity contribution in [1.82, 2.24) is 14.8 Å². The van der Waals surface area contributed by atoms with Crippen molar-refractivity contribution in [3.63, 3.8) is 0 Å². The zero-order valence-corrected chi connectivity index (χ0v) is 17.8. The Hall–Kier alpha value is -3.96. The first kappa shape index (κ1) is 20.3. The Morgan fingerprint density at radius 2 is 1.84 bits per heavy atom. The number of anilines is 1.